The Bertz CT molecular complexity index is 550. The SMILES string of the molecule is COc1ccc(C(=O)NCc2ccc(C)nn2)cc1. The molecule has 0 spiro atoms. The lowest BCUT2D eigenvalue weighted by atomic mass is 10.2. The van der Waals surface area contributed by atoms with E-state index in [0.29, 0.717) is 12.1 Å². The molecule has 1 N–H and O–H groups in total. The number of rotatable bonds is 4. The highest BCUT2D eigenvalue weighted by Gasteiger charge is 2.05. The van der Waals surface area contributed by atoms with Crippen molar-refractivity contribution in [2.24, 2.45) is 0 Å². The lowest BCUT2D eigenvalue weighted by Gasteiger charge is -2.05. The topological polar surface area (TPSA) is 64.1 Å². The molecule has 5 nitrogen and oxygen atoms in total. The molecule has 1 aromatic carbocycles. The molecule has 5 heteroatoms. The van der Waals surface area contributed by atoms with E-state index in [1.807, 2.05) is 19.1 Å². The Labute approximate surface area is 111 Å². The summed E-state index contributed by atoms with van der Waals surface area (Å²) in [5, 5.41) is 10.7. The second-order valence-electron chi connectivity index (χ2n) is 4.08. The summed E-state index contributed by atoms with van der Waals surface area (Å²) in [7, 11) is 1.59. The molecule has 1 aromatic heterocycles. The standard InChI is InChI=1S/C14H15N3O2/c1-10-3-6-12(17-16-10)9-15-14(18)11-4-7-13(19-2)8-5-11/h3-8H,9H2,1-2H3,(H,15,18). The summed E-state index contributed by atoms with van der Waals surface area (Å²) in [6.07, 6.45) is 0. The van der Waals surface area contributed by atoms with Gasteiger partial charge in [0.1, 0.15) is 5.75 Å². The summed E-state index contributed by atoms with van der Waals surface area (Å²) in [5.41, 5.74) is 2.17. The van der Waals surface area contributed by atoms with Crippen molar-refractivity contribution in [3.8, 4) is 5.75 Å². The van der Waals surface area contributed by atoms with Gasteiger partial charge < -0.3 is 10.1 Å². The maximum Gasteiger partial charge on any atom is 0.251 e. The van der Waals surface area contributed by atoms with Gasteiger partial charge in [-0.3, -0.25) is 4.79 Å². The smallest absolute Gasteiger partial charge is 0.251 e. The van der Waals surface area contributed by atoms with E-state index in [4.69, 9.17) is 4.74 Å². The van der Waals surface area contributed by atoms with Crippen LogP contribution in [0, 0.1) is 6.92 Å². The van der Waals surface area contributed by atoms with Gasteiger partial charge in [-0.25, -0.2) is 0 Å². The average molecular weight is 257 g/mol. The van der Waals surface area contributed by atoms with Gasteiger partial charge in [0.25, 0.3) is 5.91 Å². The lowest BCUT2D eigenvalue weighted by Crippen LogP contribution is -2.23. The molecule has 2 rings (SSSR count). The van der Waals surface area contributed by atoms with E-state index in [0.717, 1.165) is 17.1 Å². The van der Waals surface area contributed by atoms with E-state index in [9.17, 15) is 4.79 Å². The van der Waals surface area contributed by atoms with Crippen molar-refractivity contribution in [1.82, 2.24) is 15.5 Å². The summed E-state index contributed by atoms with van der Waals surface area (Å²) in [5.74, 6) is 0.575. The quantitative estimate of drug-likeness (QED) is 0.905. The average Bonchev–Trinajstić information content (AvgIpc) is 2.46. The third kappa shape index (κ3) is 3.51. The minimum Gasteiger partial charge on any atom is -0.497 e. The van der Waals surface area contributed by atoms with E-state index in [-0.39, 0.29) is 5.91 Å². The van der Waals surface area contributed by atoms with Gasteiger partial charge in [-0.15, -0.1) is 0 Å². The molecule has 19 heavy (non-hydrogen) atoms. The molecule has 0 unspecified atom stereocenters. The normalized spacial score (nSPS) is 10.0. The predicted molar refractivity (Wildman–Crippen MR) is 70.9 cm³/mol. The number of amides is 1. The van der Waals surface area contributed by atoms with Gasteiger partial charge >= 0.3 is 0 Å². The number of aryl methyl sites for hydroxylation is 1. The predicted octanol–water partition coefficient (Wildman–Crippen LogP) is 1.72. The largest absolute Gasteiger partial charge is 0.497 e. The fourth-order valence-corrected chi connectivity index (χ4v) is 1.54. The van der Waals surface area contributed by atoms with E-state index >= 15 is 0 Å². The zero-order valence-corrected chi connectivity index (χ0v) is 10.9. The van der Waals surface area contributed by atoms with E-state index in [1.54, 1.807) is 31.4 Å². The Morgan fingerprint density at radius 3 is 2.47 bits per heavy atom. The molecule has 0 bridgehead atoms. The molecule has 0 aliphatic heterocycles. The minimum atomic E-state index is -0.148. The van der Waals surface area contributed by atoms with Crippen molar-refractivity contribution < 1.29 is 9.53 Å². The van der Waals surface area contributed by atoms with Gasteiger partial charge in [0, 0.05) is 5.56 Å². The number of carbonyl (C=O) groups excluding carboxylic acids is 1. The maximum absolute atomic E-state index is 11.9. The molecule has 98 valence electrons. The lowest BCUT2D eigenvalue weighted by molar-refractivity contribution is 0.0950. The number of methoxy groups -OCH3 is 1. The highest BCUT2D eigenvalue weighted by Crippen LogP contribution is 2.11. The Kier molecular flexibility index (Phi) is 4.07. The van der Waals surface area contributed by atoms with Crippen LogP contribution in [0.5, 0.6) is 5.75 Å². The van der Waals surface area contributed by atoms with Gasteiger partial charge in [0.15, 0.2) is 0 Å². The van der Waals surface area contributed by atoms with Gasteiger partial charge in [-0.1, -0.05) is 0 Å². The third-order valence-corrected chi connectivity index (χ3v) is 2.64. The van der Waals surface area contributed by atoms with Crippen molar-refractivity contribution in [3.05, 3.63) is 53.3 Å². The van der Waals surface area contributed by atoms with Gasteiger partial charge in [-0.05, 0) is 43.3 Å². The second kappa shape index (κ2) is 5.95. The summed E-state index contributed by atoms with van der Waals surface area (Å²) >= 11 is 0. The first-order chi connectivity index (χ1) is 9.19. The number of nitrogens with one attached hydrogen (secondary N) is 1. The minimum absolute atomic E-state index is 0.148. The molecule has 0 saturated heterocycles. The van der Waals surface area contributed by atoms with Crippen LogP contribution in [-0.4, -0.2) is 23.2 Å². The van der Waals surface area contributed by atoms with Gasteiger partial charge in [0.2, 0.25) is 0 Å². The third-order valence-electron chi connectivity index (χ3n) is 2.64. The highest BCUT2D eigenvalue weighted by molar-refractivity contribution is 5.94. The van der Waals surface area contributed by atoms with Crippen LogP contribution in [0.15, 0.2) is 36.4 Å². The maximum atomic E-state index is 11.9. The number of aromatic nitrogens is 2. The molecule has 0 aliphatic carbocycles. The summed E-state index contributed by atoms with van der Waals surface area (Å²) in [6, 6.07) is 10.6. The molecular weight excluding hydrogens is 242 g/mol. The number of ether oxygens (including phenoxy) is 1. The molecule has 0 radical (unpaired) electrons. The van der Waals surface area contributed by atoms with Crippen molar-refractivity contribution in [1.29, 1.82) is 0 Å². The highest BCUT2D eigenvalue weighted by atomic mass is 16.5. The Morgan fingerprint density at radius 1 is 1.16 bits per heavy atom. The van der Waals surface area contributed by atoms with E-state index < -0.39 is 0 Å². The molecular formula is C14H15N3O2. The zero-order chi connectivity index (χ0) is 13.7. The fourth-order valence-electron chi connectivity index (χ4n) is 1.54. The number of benzene rings is 1. The fraction of sp³-hybridized carbons (Fsp3) is 0.214. The Morgan fingerprint density at radius 2 is 1.89 bits per heavy atom. The molecule has 1 amide bonds. The van der Waals surface area contributed by atoms with Crippen LogP contribution in [-0.2, 0) is 6.54 Å². The van der Waals surface area contributed by atoms with E-state index in [2.05, 4.69) is 15.5 Å². The summed E-state index contributed by atoms with van der Waals surface area (Å²) < 4.78 is 5.04. The molecule has 0 fully saturated rings. The summed E-state index contributed by atoms with van der Waals surface area (Å²) in [4.78, 5) is 11.9. The van der Waals surface area contributed by atoms with Crippen molar-refractivity contribution in [3.63, 3.8) is 0 Å². The number of nitrogens with zero attached hydrogens (tertiary/aromatic N) is 2. The van der Waals surface area contributed by atoms with Crippen LogP contribution >= 0.6 is 0 Å². The first-order valence-electron chi connectivity index (χ1n) is 5.90. The zero-order valence-electron chi connectivity index (χ0n) is 10.9. The molecule has 1 heterocycles. The molecule has 0 aliphatic rings. The van der Waals surface area contributed by atoms with Crippen LogP contribution < -0.4 is 10.1 Å². The van der Waals surface area contributed by atoms with Gasteiger partial charge in [0.05, 0.1) is 25.0 Å². The van der Waals surface area contributed by atoms with Crippen LogP contribution in [0.1, 0.15) is 21.7 Å². The van der Waals surface area contributed by atoms with Gasteiger partial charge in [-0.2, -0.15) is 10.2 Å². The molecule has 0 atom stereocenters. The van der Waals surface area contributed by atoms with Crippen molar-refractivity contribution in [2.45, 2.75) is 13.5 Å². The van der Waals surface area contributed by atoms with Crippen LogP contribution in [0.3, 0.4) is 0 Å². The number of hydrogen-bond acceptors (Lipinski definition) is 4. The first-order valence-corrected chi connectivity index (χ1v) is 5.90. The second-order valence-corrected chi connectivity index (χ2v) is 4.08. The van der Waals surface area contributed by atoms with Crippen LogP contribution in [0.2, 0.25) is 0 Å². The van der Waals surface area contributed by atoms with Crippen molar-refractivity contribution >= 4 is 5.91 Å². The Balaban J connectivity index is 1.95. The monoisotopic (exact) mass is 257 g/mol. The number of carbonyl (C=O) groups is 1. The number of hydrogen-bond donors (Lipinski definition) is 1. The van der Waals surface area contributed by atoms with Crippen LogP contribution in [0.4, 0.5) is 0 Å². The van der Waals surface area contributed by atoms with Crippen LogP contribution in [0.25, 0.3) is 0 Å². The molecule has 0 saturated carbocycles. The van der Waals surface area contributed by atoms with E-state index in [1.165, 1.54) is 0 Å². The first kappa shape index (κ1) is 13.0. The van der Waals surface area contributed by atoms with Crippen molar-refractivity contribution in [2.75, 3.05) is 7.11 Å². The summed E-state index contributed by atoms with van der Waals surface area (Å²) in [6.45, 7) is 2.23. The Hall–Kier alpha value is -2.43. The molecule has 2 aromatic rings.